The lowest BCUT2D eigenvalue weighted by Gasteiger charge is -2.31. The molecule has 1 aliphatic carbocycles. The van der Waals surface area contributed by atoms with Crippen molar-refractivity contribution in [3.63, 3.8) is 0 Å². The van der Waals surface area contributed by atoms with Gasteiger partial charge in [-0.2, -0.15) is 13.2 Å². The first-order valence-electron chi connectivity index (χ1n) is 8.63. The van der Waals surface area contributed by atoms with Gasteiger partial charge < -0.3 is 4.90 Å². The number of rotatable bonds is 3. The van der Waals surface area contributed by atoms with E-state index in [0.717, 1.165) is 50.7 Å². The molecule has 1 atom stereocenters. The second kappa shape index (κ2) is 6.39. The molecule has 1 saturated carbocycles. The van der Waals surface area contributed by atoms with Crippen LogP contribution in [0.15, 0.2) is 24.3 Å². The summed E-state index contributed by atoms with van der Waals surface area (Å²) in [6.45, 7) is 2.61. The van der Waals surface area contributed by atoms with Gasteiger partial charge in [0.25, 0.3) is 0 Å². The molecule has 1 aromatic rings. The predicted octanol–water partition coefficient (Wildman–Crippen LogP) is 4.25. The molecule has 1 aromatic carbocycles. The number of halogens is 3. The molecule has 2 fully saturated rings. The first-order valence-corrected chi connectivity index (χ1v) is 8.63. The number of nitrogens with zero attached hydrogens (tertiary/aromatic N) is 1. The second-order valence-electron chi connectivity index (χ2n) is 6.81. The van der Waals surface area contributed by atoms with E-state index in [1.165, 1.54) is 12.1 Å². The maximum absolute atomic E-state index is 13.0. The zero-order valence-corrected chi connectivity index (χ0v) is 13.8. The Morgan fingerprint density at radius 2 is 1.79 bits per heavy atom. The molecule has 3 rings (SSSR count). The lowest BCUT2D eigenvalue weighted by molar-refractivity contribution is -0.137. The average Bonchev–Trinajstić information content (AvgIpc) is 2.81. The van der Waals surface area contributed by atoms with Crippen LogP contribution < -0.4 is 5.32 Å². The number of nitrogens with one attached hydrogen (secondary N) is 1. The Balaban J connectivity index is 1.89. The number of benzene rings is 1. The third kappa shape index (κ3) is 3.04. The number of carbonyl (C=O) groups excluding carboxylic acids is 1. The summed E-state index contributed by atoms with van der Waals surface area (Å²) in [6.07, 6.45) is 0.919. The minimum absolute atomic E-state index is 0.106. The van der Waals surface area contributed by atoms with Crippen molar-refractivity contribution in [1.82, 2.24) is 10.2 Å². The fourth-order valence-corrected chi connectivity index (χ4v) is 3.90. The minimum Gasteiger partial charge on any atom is -0.321 e. The van der Waals surface area contributed by atoms with Gasteiger partial charge in [0.05, 0.1) is 11.1 Å². The van der Waals surface area contributed by atoms with Crippen LogP contribution in [-0.2, 0) is 11.0 Å². The predicted molar refractivity (Wildman–Crippen MR) is 85.1 cm³/mol. The van der Waals surface area contributed by atoms with E-state index < -0.39 is 17.3 Å². The quantitative estimate of drug-likeness (QED) is 0.892. The molecule has 1 saturated heterocycles. The third-order valence-electron chi connectivity index (χ3n) is 5.12. The van der Waals surface area contributed by atoms with Crippen LogP contribution in [0.5, 0.6) is 0 Å². The maximum Gasteiger partial charge on any atom is 0.416 e. The number of hydrogen-bond acceptors (Lipinski definition) is 2. The van der Waals surface area contributed by atoms with Crippen molar-refractivity contribution >= 4 is 5.91 Å². The van der Waals surface area contributed by atoms with E-state index in [0.29, 0.717) is 12.1 Å². The molecule has 6 heteroatoms. The number of amides is 1. The Morgan fingerprint density at radius 1 is 1.17 bits per heavy atom. The Hall–Kier alpha value is -1.56. The van der Waals surface area contributed by atoms with Gasteiger partial charge in [-0.15, -0.1) is 0 Å². The standard InChI is InChI=1S/C18H23F3N2O/c1-2-12-23-15(13-6-8-14(9-7-13)18(19,20)21)22-17(16(23)24)10-4-3-5-11-17/h6-9,15,22H,2-5,10-12H2,1H3. The van der Waals surface area contributed by atoms with Crippen molar-refractivity contribution in [2.24, 2.45) is 0 Å². The Labute approximate surface area is 140 Å². The monoisotopic (exact) mass is 340 g/mol. The Bertz CT molecular complexity index is 591. The van der Waals surface area contributed by atoms with Crippen molar-refractivity contribution in [2.45, 2.75) is 63.3 Å². The van der Waals surface area contributed by atoms with E-state index in [1.807, 2.05) is 6.92 Å². The first-order chi connectivity index (χ1) is 11.4. The van der Waals surface area contributed by atoms with Crippen LogP contribution >= 0.6 is 0 Å². The highest BCUT2D eigenvalue weighted by atomic mass is 19.4. The van der Waals surface area contributed by atoms with E-state index in [2.05, 4.69) is 5.32 Å². The molecule has 1 heterocycles. The highest BCUT2D eigenvalue weighted by Gasteiger charge is 2.51. The van der Waals surface area contributed by atoms with E-state index in [1.54, 1.807) is 4.90 Å². The van der Waals surface area contributed by atoms with Crippen molar-refractivity contribution < 1.29 is 18.0 Å². The van der Waals surface area contributed by atoms with Crippen LogP contribution in [0.4, 0.5) is 13.2 Å². The van der Waals surface area contributed by atoms with Gasteiger partial charge in [0.2, 0.25) is 5.91 Å². The topological polar surface area (TPSA) is 32.3 Å². The summed E-state index contributed by atoms with van der Waals surface area (Å²) in [5, 5.41) is 3.46. The van der Waals surface area contributed by atoms with Crippen molar-refractivity contribution in [3.05, 3.63) is 35.4 Å². The highest BCUT2D eigenvalue weighted by Crippen LogP contribution is 2.40. The number of hydrogen-bond donors (Lipinski definition) is 1. The van der Waals surface area contributed by atoms with Crippen molar-refractivity contribution in [1.29, 1.82) is 0 Å². The molecular weight excluding hydrogens is 317 g/mol. The summed E-state index contributed by atoms with van der Waals surface area (Å²) in [4.78, 5) is 14.8. The molecule has 1 amide bonds. The Kier molecular flexibility index (Phi) is 4.60. The normalized spacial score (nSPS) is 23.9. The zero-order valence-electron chi connectivity index (χ0n) is 13.8. The lowest BCUT2D eigenvalue weighted by Crippen LogP contribution is -2.48. The molecule has 0 radical (unpaired) electrons. The van der Waals surface area contributed by atoms with E-state index >= 15 is 0 Å². The molecule has 3 nitrogen and oxygen atoms in total. The van der Waals surface area contributed by atoms with Crippen LogP contribution in [0.3, 0.4) is 0 Å². The van der Waals surface area contributed by atoms with Gasteiger partial charge >= 0.3 is 6.18 Å². The van der Waals surface area contributed by atoms with E-state index in [-0.39, 0.29) is 12.1 Å². The summed E-state index contributed by atoms with van der Waals surface area (Å²) < 4.78 is 38.3. The van der Waals surface area contributed by atoms with Gasteiger partial charge in [-0.05, 0) is 37.0 Å². The zero-order chi connectivity index (χ0) is 17.4. The molecular formula is C18H23F3N2O. The summed E-state index contributed by atoms with van der Waals surface area (Å²) >= 11 is 0. The molecule has 1 unspecified atom stereocenters. The summed E-state index contributed by atoms with van der Waals surface area (Å²) in [7, 11) is 0. The third-order valence-corrected chi connectivity index (χ3v) is 5.12. The van der Waals surface area contributed by atoms with Gasteiger partial charge in [-0.3, -0.25) is 10.1 Å². The fourth-order valence-electron chi connectivity index (χ4n) is 3.90. The molecule has 1 spiro atoms. The second-order valence-corrected chi connectivity index (χ2v) is 6.81. The van der Waals surface area contributed by atoms with Crippen molar-refractivity contribution in [2.75, 3.05) is 6.54 Å². The van der Waals surface area contributed by atoms with Crippen LogP contribution in [0.1, 0.15) is 62.7 Å². The molecule has 0 bridgehead atoms. The van der Waals surface area contributed by atoms with Crippen LogP contribution in [0, 0.1) is 0 Å². The highest BCUT2D eigenvalue weighted by molar-refractivity contribution is 5.89. The van der Waals surface area contributed by atoms with Crippen molar-refractivity contribution in [3.8, 4) is 0 Å². The van der Waals surface area contributed by atoms with E-state index in [9.17, 15) is 18.0 Å². The Morgan fingerprint density at radius 3 is 2.33 bits per heavy atom. The van der Waals surface area contributed by atoms with E-state index in [4.69, 9.17) is 0 Å². The fraction of sp³-hybridized carbons (Fsp3) is 0.611. The summed E-state index contributed by atoms with van der Waals surface area (Å²) in [5.74, 6) is 0.106. The van der Waals surface area contributed by atoms with Gasteiger partial charge in [-0.1, -0.05) is 38.3 Å². The molecule has 1 N–H and O–H groups in total. The molecule has 2 aliphatic rings. The smallest absolute Gasteiger partial charge is 0.321 e. The lowest BCUT2D eigenvalue weighted by atomic mass is 9.81. The minimum atomic E-state index is -4.34. The van der Waals surface area contributed by atoms with Gasteiger partial charge in [0.1, 0.15) is 6.17 Å². The number of alkyl halides is 3. The maximum atomic E-state index is 13.0. The number of carbonyl (C=O) groups is 1. The van der Waals surface area contributed by atoms with Gasteiger partial charge in [0, 0.05) is 6.54 Å². The largest absolute Gasteiger partial charge is 0.416 e. The van der Waals surface area contributed by atoms with Crippen LogP contribution in [0.2, 0.25) is 0 Å². The average molecular weight is 340 g/mol. The van der Waals surface area contributed by atoms with Gasteiger partial charge in [0.15, 0.2) is 0 Å². The molecule has 132 valence electrons. The SMILES string of the molecule is CCCN1C(=O)C2(CCCCC2)NC1c1ccc(C(F)(F)F)cc1. The summed E-state index contributed by atoms with van der Waals surface area (Å²) in [6, 6.07) is 5.16. The first kappa shape index (κ1) is 17.3. The van der Waals surface area contributed by atoms with Crippen LogP contribution in [0.25, 0.3) is 0 Å². The molecule has 1 aliphatic heterocycles. The summed E-state index contributed by atoms with van der Waals surface area (Å²) in [5.41, 5.74) is -0.474. The molecule has 24 heavy (non-hydrogen) atoms. The van der Waals surface area contributed by atoms with Gasteiger partial charge in [-0.25, -0.2) is 0 Å². The molecule has 0 aromatic heterocycles. The van der Waals surface area contributed by atoms with Crippen LogP contribution in [-0.4, -0.2) is 22.9 Å².